The smallest absolute Gasteiger partial charge is 0.131 e. The Bertz CT molecular complexity index is 341. The highest BCUT2D eigenvalue weighted by molar-refractivity contribution is 5.24. The lowest BCUT2D eigenvalue weighted by Crippen LogP contribution is -2.18. The van der Waals surface area contributed by atoms with Gasteiger partial charge in [-0.05, 0) is 37.5 Å². The first-order valence-corrected chi connectivity index (χ1v) is 4.91. The van der Waals surface area contributed by atoms with Crippen molar-refractivity contribution in [1.29, 1.82) is 0 Å². The van der Waals surface area contributed by atoms with E-state index in [0.717, 1.165) is 36.5 Å². The minimum Gasteiger partial charge on any atom is -0.496 e. The minimum atomic E-state index is -0.245. The molecule has 1 aliphatic heterocycles. The van der Waals surface area contributed by atoms with Crippen LogP contribution in [0.2, 0.25) is 0 Å². The third-order valence-electron chi connectivity index (χ3n) is 2.45. The molecule has 3 heteroatoms. The summed E-state index contributed by atoms with van der Waals surface area (Å²) in [6, 6.07) is 1.67. The van der Waals surface area contributed by atoms with Crippen LogP contribution in [-0.2, 0) is 4.74 Å². The molecule has 0 fully saturated rings. The van der Waals surface area contributed by atoms with E-state index in [-0.39, 0.29) is 6.04 Å². The molecule has 76 valence electrons. The van der Waals surface area contributed by atoms with Crippen molar-refractivity contribution < 1.29 is 9.15 Å². The molecule has 14 heavy (non-hydrogen) atoms. The van der Waals surface area contributed by atoms with E-state index >= 15 is 0 Å². The molecular weight excluding hydrogens is 178 g/mol. The third kappa shape index (κ3) is 1.68. The lowest BCUT2D eigenvalue weighted by atomic mass is 10.1. The SMILES string of the molecule is Cc1ccoc1C(N)C1=CCCCO1. The summed E-state index contributed by atoms with van der Waals surface area (Å²) >= 11 is 0. The summed E-state index contributed by atoms with van der Waals surface area (Å²) in [5, 5.41) is 0. The van der Waals surface area contributed by atoms with Gasteiger partial charge in [0.25, 0.3) is 0 Å². The quantitative estimate of drug-likeness (QED) is 0.783. The molecule has 0 saturated heterocycles. The number of hydrogen-bond acceptors (Lipinski definition) is 3. The van der Waals surface area contributed by atoms with Gasteiger partial charge < -0.3 is 14.9 Å². The number of rotatable bonds is 2. The van der Waals surface area contributed by atoms with Gasteiger partial charge in [0.2, 0.25) is 0 Å². The van der Waals surface area contributed by atoms with E-state index in [1.165, 1.54) is 0 Å². The number of ether oxygens (including phenoxy) is 1. The molecule has 0 radical (unpaired) electrons. The second-order valence-electron chi connectivity index (χ2n) is 3.54. The standard InChI is InChI=1S/C11H15NO2/c1-8-5-7-14-11(8)10(12)9-4-2-3-6-13-9/h4-5,7,10H,2-3,6,12H2,1H3. The molecule has 0 spiro atoms. The Morgan fingerprint density at radius 1 is 1.50 bits per heavy atom. The Kier molecular flexibility index (Phi) is 2.59. The van der Waals surface area contributed by atoms with Crippen LogP contribution in [0.1, 0.15) is 30.2 Å². The molecule has 3 nitrogen and oxygen atoms in total. The number of aryl methyl sites for hydroxylation is 1. The molecule has 2 rings (SSSR count). The Morgan fingerprint density at radius 2 is 2.36 bits per heavy atom. The van der Waals surface area contributed by atoms with Crippen molar-refractivity contribution in [3.8, 4) is 0 Å². The van der Waals surface area contributed by atoms with E-state index in [0.29, 0.717) is 0 Å². The average Bonchev–Trinajstić information content (AvgIpc) is 2.65. The topological polar surface area (TPSA) is 48.4 Å². The number of hydrogen-bond donors (Lipinski definition) is 1. The molecule has 0 amide bonds. The average molecular weight is 193 g/mol. The van der Waals surface area contributed by atoms with Gasteiger partial charge in [-0.25, -0.2) is 0 Å². The van der Waals surface area contributed by atoms with Crippen molar-refractivity contribution in [2.75, 3.05) is 6.61 Å². The molecule has 0 aliphatic carbocycles. The van der Waals surface area contributed by atoms with Crippen LogP contribution < -0.4 is 5.73 Å². The van der Waals surface area contributed by atoms with E-state index in [1.54, 1.807) is 6.26 Å². The van der Waals surface area contributed by atoms with Gasteiger partial charge in [-0.2, -0.15) is 0 Å². The summed E-state index contributed by atoms with van der Waals surface area (Å²) in [6.45, 7) is 2.75. The maximum atomic E-state index is 6.03. The summed E-state index contributed by atoms with van der Waals surface area (Å²) in [6.07, 6.45) is 5.83. The van der Waals surface area contributed by atoms with Gasteiger partial charge in [-0.3, -0.25) is 0 Å². The van der Waals surface area contributed by atoms with Crippen molar-refractivity contribution in [1.82, 2.24) is 0 Å². The first-order chi connectivity index (χ1) is 6.79. The Morgan fingerprint density at radius 3 is 2.93 bits per heavy atom. The van der Waals surface area contributed by atoms with Crippen LogP contribution in [0.25, 0.3) is 0 Å². The number of furan rings is 1. The van der Waals surface area contributed by atoms with Crippen molar-refractivity contribution in [3.63, 3.8) is 0 Å². The Balaban J connectivity index is 2.19. The zero-order chi connectivity index (χ0) is 9.97. The van der Waals surface area contributed by atoms with E-state index < -0.39 is 0 Å². The van der Waals surface area contributed by atoms with E-state index in [4.69, 9.17) is 14.9 Å². The van der Waals surface area contributed by atoms with Crippen LogP contribution in [-0.4, -0.2) is 6.61 Å². The summed E-state index contributed by atoms with van der Waals surface area (Å²) in [4.78, 5) is 0. The predicted octanol–water partition coefficient (Wildman–Crippen LogP) is 2.28. The zero-order valence-electron chi connectivity index (χ0n) is 8.32. The van der Waals surface area contributed by atoms with Crippen LogP contribution >= 0.6 is 0 Å². The summed E-state index contributed by atoms with van der Waals surface area (Å²) in [5.41, 5.74) is 7.10. The Hall–Kier alpha value is -1.22. The number of nitrogens with two attached hydrogens (primary N) is 1. The van der Waals surface area contributed by atoms with E-state index in [9.17, 15) is 0 Å². The van der Waals surface area contributed by atoms with E-state index in [1.807, 2.05) is 13.0 Å². The molecule has 1 aromatic rings. The second kappa shape index (κ2) is 3.88. The van der Waals surface area contributed by atoms with Gasteiger partial charge in [-0.1, -0.05) is 0 Å². The molecule has 0 bridgehead atoms. The van der Waals surface area contributed by atoms with Crippen LogP contribution in [0, 0.1) is 6.92 Å². The van der Waals surface area contributed by atoms with Crippen molar-refractivity contribution in [2.24, 2.45) is 5.73 Å². The van der Waals surface area contributed by atoms with Crippen LogP contribution in [0.3, 0.4) is 0 Å². The fourth-order valence-electron chi connectivity index (χ4n) is 1.63. The van der Waals surface area contributed by atoms with Gasteiger partial charge >= 0.3 is 0 Å². The van der Waals surface area contributed by atoms with Crippen molar-refractivity contribution in [2.45, 2.75) is 25.8 Å². The lowest BCUT2D eigenvalue weighted by molar-refractivity contribution is 0.171. The van der Waals surface area contributed by atoms with Crippen molar-refractivity contribution in [3.05, 3.63) is 35.5 Å². The normalized spacial score (nSPS) is 18.6. The minimum absolute atomic E-state index is 0.245. The second-order valence-corrected chi connectivity index (χ2v) is 3.54. The van der Waals surface area contributed by atoms with E-state index in [2.05, 4.69) is 6.08 Å². The fourth-order valence-corrected chi connectivity index (χ4v) is 1.63. The molecule has 1 aliphatic rings. The number of allylic oxidation sites excluding steroid dienone is 1. The molecule has 1 aromatic heterocycles. The molecule has 0 saturated carbocycles. The highest BCUT2D eigenvalue weighted by Gasteiger charge is 2.19. The maximum absolute atomic E-state index is 6.03. The first kappa shape index (κ1) is 9.34. The lowest BCUT2D eigenvalue weighted by Gasteiger charge is -2.19. The molecule has 2 heterocycles. The van der Waals surface area contributed by atoms with Crippen molar-refractivity contribution >= 4 is 0 Å². The molecule has 2 N–H and O–H groups in total. The molecular formula is C11H15NO2. The highest BCUT2D eigenvalue weighted by atomic mass is 16.5. The van der Waals surface area contributed by atoms with Crippen LogP contribution in [0.4, 0.5) is 0 Å². The summed E-state index contributed by atoms with van der Waals surface area (Å²) in [5.74, 6) is 1.65. The van der Waals surface area contributed by atoms with Gasteiger partial charge in [-0.15, -0.1) is 0 Å². The molecule has 1 unspecified atom stereocenters. The van der Waals surface area contributed by atoms with Gasteiger partial charge in [0.1, 0.15) is 17.6 Å². The first-order valence-electron chi connectivity index (χ1n) is 4.91. The highest BCUT2D eigenvalue weighted by Crippen LogP contribution is 2.26. The summed E-state index contributed by atoms with van der Waals surface area (Å²) < 4.78 is 10.8. The molecule has 1 atom stereocenters. The molecule has 0 aromatic carbocycles. The third-order valence-corrected chi connectivity index (χ3v) is 2.45. The largest absolute Gasteiger partial charge is 0.496 e. The van der Waals surface area contributed by atoms with Gasteiger partial charge in [0.15, 0.2) is 0 Å². The Labute approximate surface area is 83.5 Å². The monoisotopic (exact) mass is 193 g/mol. The van der Waals surface area contributed by atoms with Gasteiger partial charge in [0, 0.05) is 0 Å². The van der Waals surface area contributed by atoms with Gasteiger partial charge in [0.05, 0.1) is 12.9 Å². The fraction of sp³-hybridized carbons (Fsp3) is 0.455. The van der Waals surface area contributed by atoms with Crippen LogP contribution in [0.5, 0.6) is 0 Å². The zero-order valence-corrected chi connectivity index (χ0v) is 8.32. The summed E-state index contributed by atoms with van der Waals surface area (Å²) in [7, 11) is 0. The maximum Gasteiger partial charge on any atom is 0.131 e. The predicted molar refractivity (Wildman–Crippen MR) is 53.6 cm³/mol. The van der Waals surface area contributed by atoms with Crippen LogP contribution in [0.15, 0.2) is 28.6 Å².